The van der Waals surface area contributed by atoms with Crippen molar-refractivity contribution in [2.75, 3.05) is 13.2 Å². The maximum atomic E-state index is 12.8. The fraction of sp³-hybridized carbons (Fsp3) is 0.222. The number of hydrogen-bond acceptors (Lipinski definition) is 3. The largest absolute Gasteiger partial charge is 0.505 e. The molecule has 1 aromatic carbocycles. The van der Waals surface area contributed by atoms with Gasteiger partial charge in [0.15, 0.2) is 11.6 Å². The minimum absolute atomic E-state index is 0.105. The lowest BCUT2D eigenvalue weighted by Gasteiger charge is -2.03. The molecule has 1 aromatic rings. The van der Waals surface area contributed by atoms with Gasteiger partial charge in [0.1, 0.15) is 0 Å². The Balaban J connectivity index is 2.76. The van der Waals surface area contributed by atoms with Crippen molar-refractivity contribution in [2.24, 2.45) is 0 Å². The normalized spacial score (nSPS) is 9.86. The number of phenolic OH excluding ortho intramolecular Hbond substituents is 1. The Morgan fingerprint density at radius 1 is 1.50 bits per heavy atom. The standard InChI is InChI=1S/C9H10FNO3/c10-7-5-6(1-2-8(7)13)9(14)11-3-4-12/h1-2,5,12-13H,3-4H2,(H,11,14). The highest BCUT2D eigenvalue weighted by atomic mass is 19.1. The first-order valence-corrected chi connectivity index (χ1v) is 4.02. The summed E-state index contributed by atoms with van der Waals surface area (Å²) in [7, 11) is 0. The van der Waals surface area contributed by atoms with Gasteiger partial charge >= 0.3 is 0 Å². The predicted octanol–water partition coefficient (Wildman–Crippen LogP) is 0.253. The van der Waals surface area contributed by atoms with Gasteiger partial charge in [-0.1, -0.05) is 0 Å². The molecule has 0 aromatic heterocycles. The monoisotopic (exact) mass is 199 g/mol. The molecule has 14 heavy (non-hydrogen) atoms. The summed E-state index contributed by atoms with van der Waals surface area (Å²) in [5, 5.41) is 19.6. The van der Waals surface area contributed by atoms with Crippen LogP contribution in [0, 0.1) is 5.82 Å². The van der Waals surface area contributed by atoms with E-state index < -0.39 is 17.5 Å². The first kappa shape index (κ1) is 10.5. The zero-order chi connectivity index (χ0) is 10.6. The minimum atomic E-state index is -0.846. The van der Waals surface area contributed by atoms with Crippen LogP contribution >= 0.6 is 0 Å². The second-order valence-corrected chi connectivity index (χ2v) is 2.65. The van der Waals surface area contributed by atoms with Crippen molar-refractivity contribution in [2.45, 2.75) is 0 Å². The molecule has 0 unspecified atom stereocenters. The van der Waals surface area contributed by atoms with E-state index in [9.17, 15) is 9.18 Å². The lowest BCUT2D eigenvalue weighted by Crippen LogP contribution is -2.26. The molecule has 76 valence electrons. The van der Waals surface area contributed by atoms with Gasteiger partial charge in [0.2, 0.25) is 0 Å². The Bertz CT molecular complexity index is 341. The molecule has 3 N–H and O–H groups in total. The lowest BCUT2D eigenvalue weighted by atomic mass is 10.2. The molecule has 0 aliphatic heterocycles. The SMILES string of the molecule is O=C(NCCO)c1ccc(O)c(F)c1. The summed E-state index contributed by atoms with van der Waals surface area (Å²) in [6, 6.07) is 3.33. The zero-order valence-electron chi connectivity index (χ0n) is 7.33. The smallest absolute Gasteiger partial charge is 0.251 e. The number of benzene rings is 1. The number of aliphatic hydroxyl groups is 1. The summed E-state index contributed by atoms with van der Waals surface area (Å²) >= 11 is 0. The topological polar surface area (TPSA) is 69.6 Å². The number of carbonyl (C=O) groups is 1. The number of phenols is 1. The van der Waals surface area contributed by atoms with Gasteiger partial charge in [-0.25, -0.2) is 4.39 Å². The van der Waals surface area contributed by atoms with Crippen LogP contribution in [0.2, 0.25) is 0 Å². The molecule has 0 saturated carbocycles. The van der Waals surface area contributed by atoms with Crippen molar-refractivity contribution in [1.29, 1.82) is 0 Å². The van der Waals surface area contributed by atoms with E-state index in [0.29, 0.717) is 0 Å². The highest BCUT2D eigenvalue weighted by Crippen LogP contribution is 2.15. The quantitative estimate of drug-likeness (QED) is 0.653. The molecule has 0 atom stereocenters. The molecular weight excluding hydrogens is 189 g/mol. The third kappa shape index (κ3) is 2.43. The first-order chi connectivity index (χ1) is 6.65. The summed E-state index contributed by atoms with van der Waals surface area (Å²) < 4.78 is 12.8. The summed E-state index contributed by atoms with van der Waals surface area (Å²) in [5.41, 5.74) is 0.105. The molecule has 0 aliphatic carbocycles. The van der Waals surface area contributed by atoms with Crippen LogP contribution in [0.4, 0.5) is 4.39 Å². The summed E-state index contributed by atoms with van der Waals surface area (Å²) in [5.74, 6) is -1.83. The summed E-state index contributed by atoms with van der Waals surface area (Å²) in [6.45, 7) is -0.0619. The van der Waals surface area contributed by atoms with E-state index in [1.54, 1.807) is 0 Å². The van der Waals surface area contributed by atoms with Gasteiger partial charge in [-0.2, -0.15) is 0 Å². The maximum absolute atomic E-state index is 12.8. The number of aromatic hydroxyl groups is 1. The molecule has 1 rings (SSSR count). The molecule has 0 fully saturated rings. The van der Waals surface area contributed by atoms with Gasteiger partial charge in [0.05, 0.1) is 6.61 Å². The molecule has 5 heteroatoms. The number of nitrogens with one attached hydrogen (secondary N) is 1. The Morgan fingerprint density at radius 3 is 2.79 bits per heavy atom. The van der Waals surface area contributed by atoms with Gasteiger partial charge in [0, 0.05) is 12.1 Å². The highest BCUT2D eigenvalue weighted by Gasteiger charge is 2.07. The van der Waals surface area contributed by atoms with E-state index in [4.69, 9.17) is 10.2 Å². The number of aliphatic hydroxyl groups excluding tert-OH is 1. The predicted molar refractivity (Wildman–Crippen MR) is 47.5 cm³/mol. The molecule has 0 saturated heterocycles. The van der Waals surface area contributed by atoms with E-state index >= 15 is 0 Å². The Morgan fingerprint density at radius 2 is 2.21 bits per heavy atom. The van der Waals surface area contributed by atoms with Gasteiger partial charge in [0.25, 0.3) is 5.91 Å². The Kier molecular flexibility index (Phi) is 3.41. The maximum Gasteiger partial charge on any atom is 0.251 e. The van der Waals surface area contributed by atoms with E-state index in [1.807, 2.05) is 0 Å². The van der Waals surface area contributed by atoms with Crippen molar-refractivity contribution in [1.82, 2.24) is 5.32 Å². The van der Waals surface area contributed by atoms with Crippen molar-refractivity contribution >= 4 is 5.91 Å². The first-order valence-electron chi connectivity index (χ1n) is 4.02. The molecule has 4 nitrogen and oxygen atoms in total. The molecule has 0 radical (unpaired) electrons. The van der Waals surface area contributed by atoms with Crippen molar-refractivity contribution < 1.29 is 19.4 Å². The van der Waals surface area contributed by atoms with Gasteiger partial charge in [-0.3, -0.25) is 4.79 Å². The number of halogens is 1. The third-order valence-corrected chi connectivity index (χ3v) is 1.61. The second-order valence-electron chi connectivity index (χ2n) is 2.65. The van der Waals surface area contributed by atoms with Crippen LogP contribution in [-0.2, 0) is 0 Å². The third-order valence-electron chi connectivity index (χ3n) is 1.61. The van der Waals surface area contributed by atoms with Gasteiger partial charge in [-0.05, 0) is 18.2 Å². The fourth-order valence-electron chi connectivity index (χ4n) is 0.920. The van der Waals surface area contributed by atoms with Gasteiger partial charge in [-0.15, -0.1) is 0 Å². The van der Waals surface area contributed by atoms with Gasteiger partial charge < -0.3 is 15.5 Å². The van der Waals surface area contributed by atoms with E-state index in [0.717, 1.165) is 12.1 Å². The second kappa shape index (κ2) is 4.57. The van der Waals surface area contributed by atoms with Crippen molar-refractivity contribution in [3.63, 3.8) is 0 Å². The van der Waals surface area contributed by atoms with Crippen LogP contribution in [0.3, 0.4) is 0 Å². The van der Waals surface area contributed by atoms with Crippen LogP contribution in [-0.4, -0.2) is 29.3 Å². The number of carbonyl (C=O) groups excluding carboxylic acids is 1. The molecule has 1 amide bonds. The zero-order valence-corrected chi connectivity index (χ0v) is 7.33. The Labute approximate surface area is 80.0 Å². The van der Waals surface area contributed by atoms with Crippen LogP contribution in [0.25, 0.3) is 0 Å². The van der Waals surface area contributed by atoms with E-state index in [2.05, 4.69) is 5.32 Å². The van der Waals surface area contributed by atoms with Crippen molar-refractivity contribution in [3.05, 3.63) is 29.6 Å². The summed E-state index contributed by atoms with van der Waals surface area (Å²) in [4.78, 5) is 11.2. The van der Waals surface area contributed by atoms with Crippen LogP contribution < -0.4 is 5.32 Å². The van der Waals surface area contributed by atoms with Crippen LogP contribution in [0.1, 0.15) is 10.4 Å². The minimum Gasteiger partial charge on any atom is -0.505 e. The lowest BCUT2D eigenvalue weighted by molar-refractivity contribution is 0.0944. The molecule has 0 bridgehead atoms. The number of amides is 1. The Hall–Kier alpha value is -1.62. The van der Waals surface area contributed by atoms with Crippen LogP contribution in [0.5, 0.6) is 5.75 Å². The molecule has 0 heterocycles. The number of rotatable bonds is 3. The average Bonchev–Trinajstić information content (AvgIpc) is 2.18. The number of hydrogen-bond donors (Lipinski definition) is 3. The summed E-state index contributed by atoms with van der Waals surface area (Å²) in [6.07, 6.45) is 0. The molecular formula is C9H10FNO3. The van der Waals surface area contributed by atoms with Crippen molar-refractivity contribution in [3.8, 4) is 5.75 Å². The molecule has 0 spiro atoms. The van der Waals surface area contributed by atoms with E-state index in [1.165, 1.54) is 6.07 Å². The molecule has 0 aliphatic rings. The van der Waals surface area contributed by atoms with Crippen LogP contribution in [0.15, 0.2) is 18.2 Å². The average molecular weight is 199 g/mol. The fourth-order valence-corrected chi connectivity index (χ4v) is 0.920. The van der Waals surface area contributed by atoms with E-state index in [-0.39, 0.29) is 18.7 Å². The highest BCUT2D eigenvalue weighted by molar-refractivity contribution is 5.94.